The fourth-order valence-corrected chi connectivity index (χ4v) is 7.03. The first-order valence-electron chi connectivity index (χ1n) is 29.1. The third kappa shape index (κ3) is 30.8. The SMILES string of the molecule is CC(C)=NOCC(=O)N(C)Cc1ccc(-c2nnc(C)nn2)cc1.CC(C)=O.CC=NOCC(=O)N(C)Cc1ccc(-c2nnc(C)nn2)cc1.CC=O.Cc1nnc(-c2ccc(CN(C)C(=O)CON)cc2)nn1.Cc1nnc(-c2ccc(CN(C)C(=O)CON)cc2)nn1. The normalized spacial score (nSPS) is 10.1. The van der Waals surface area contributed by atoms with Crippen LogP contribution in [0, 0.1) is 27.7 Å². The Labute approximate surface area is 555 Å². The highest BCUT2D eigenvalue weighted by Crippen LogP contribution is 2.19. The van der Waals surface area contributed by atoms with Crippen molar-refractivity contribution in [3.8, 4) is 45.6 Å². The average Bonchev–Trinajstić information content (AvgIpc) is 0.967. The van der Waals surface area contributed by atoms with Gasteiger partial charge in [-0.15, -0.1) is 81.6 Å². The van der Waals surface area contributed by atoms with Gasteiger partial charge in [0.1, 0.15) is 25.3 Å². The molecule has 0 spiro atoms. The van der Waals surface area contributed by atoms with Crippen LogP contribution in [0.1, 0.15) is 87.1 Å². The number of hydrogen-bond donors (Lipinski definition) is 2. The van der Waals surface area contributed by atoms with Gasteiger partial charge >= 0.3 is 0 Å². The van der Waals surface area contributed by atoms with E-state index in [0.717, 1.165) is 56.5 Å². The van der Waals surface area contributed by atoms with Crippen molar-refractivity contribution < 1.29 is 48.1 Å². The number of oxime groups is 2. The number of benzene rings is 4. The minimum Gasteiger partial charge on any atom is -0.386 e. The van der Waals surface area contributed by atoms with Gasteiger partial charge in [0.05, 0.1) is 5.71 Å². The van der Waals surface area contributed by atoms with Crippen LogP contribution in [-0.2, 0) is 74.3 Å². The minimum absolute atomic E-state index is 0.0751. The summed E-state index contributed by atoms with van der Waals surface area (Å²) in [6.07, 6.45) is 2.24. The number of carbonyl (C=O) groups excluding carboxylic acids is 6. The summed E-state index contributed by atoms with van der Waals surface area (Å²) < 4.78 is 0. The van der Waals surface area contributed by atoms with E-state index in [9.17, 15) is 24.0 Å². The predicted molar refractivity (Wildman–Crippen MR) is 350 cm³/mol. The zero-order valence-electron chi connectivity index (χ0n) is 56.1. The highest BCUT2D eigenvalue weighted by atomic mass is 16.6. The van der Waals surface area contributed by atoms with Crippen LogP contribution in [0.4, 0.5) is 0 Å². The number of rotatable bonds is 22. The van der Waals surface area contributed by atoms with Gasteiger partial charge < -0.3 is 38.9 Å². The third-order valence-corrected chi connectivity index (χ3v) is 11.8. The van der Waals surface area contributed by atoms with Crippen LogP contribution < -0.4 is 11.8 Å². The van der Waals surface area contributed by atoms with Crippen molar-refractivity contribution in [2.24, 2.45) is 22.1 Å². The van der Waals surface area contributed by atoms with E-state index >= 15 is 0 Å². The van der Waals surface area contributed by atoms with E-state index in [1.807, 2.05) is 97.1 Å². The molecule has 0 aliphatic carbocycles. The first-order valence-corrected chi connectivity index (χ1v) is 29.1. The number of aromatic nitrogens is 16. The van der Waals surface area contributed by atoms with Crippen LogP contribution in [0.15, 0.2) is 107 Å². The van der Waals surface area contributed by atoms with Crippen LogP contribution >= 0.6 is 0 Å². The Morgan fingerprint density at radius 2 is 0.594 bits per heavy atom. The van der Waals surface area contributed by atoms with Crippen molar-refractivity contribution in [2.45, 2.75) is 95.4 Å². The zero-order chi connectivity index (χ0) is 71.0. The number of aldehydes is 1. The molecule has 4 amide bonds. The van der Waals surface area contributed by atoms with E-state index in [4.69, 9.17) is 26.3 Å². The third-order valence-electron chi connectivity index (χ3n) is 11.8. The van der Waals surface area contributed by atoms with Gasteiger partial charge in [-0.1, -0.05) is 107 Å². The topological polar surface area (TPSA) is 435 Å². The van der Waals surface area contributed by atoms with Crippen molar-refractivity contribution >= 4 is 47.6 Å². The number of carbonyl (C=O) groups is 6. The van der Waals surface area contributed by atoms with Crippen LogP contribution in [0.2, 0.25) is 0 Å². The Bertz CT molecular complexity index is 3570. The van der Waals surface area contributed by atoms with Gasteiger partial charge in [-0.2, -0.15) is 0 Å². The van der Waals surface area contributed by atoms with Crippen molar-refractivity contribution in [1.82, 2.24) is 101 Å². The molecule has 4 N–H and O–H groups in total. The second-order valence-electron chi connectivity index (χ2n) is 20.6. The lowest BCUT2D eigenvalue weighted by Crippen LogP contribution is -2.30. The van der Waals surface area contributed by atoms with E-state index in [-0.39, 0.29) is 55.8 Å². The highest BCUT2D eigenvalue weighted by Gasteiger charge is 2.15. The molecule has 4 aromatic heterocycles. The first-order chi connectivity index (χ1) is 45.9. The van der Waals surface area contributed by atoms with Crippen molar-refractivity contribution in [3.05, 3.63) is 143 Å². The number of aryl methyl sites for hydroxylation is 4. The summed E-state index contributed by atoms with van der Waals surface area (Å²) in [6.45, 7) is 18.2. The zero-order valence-corrected chi connectivity index (χ0v) is 56.1. The second kappa shape index (κ2) is 43.5. The molecule has 8 rings (SSSR count). The van der Waals surface area contributed by atoms with Crippen molar-refractivity contribution in [2.75, 3.05) is 54.6 Å². The van der Waals surface area contributed by atoms with E-state index < -0.39 is 0 Å². The number of likely N-dealkylation sites (N-methyl/N-ethyl adjacent to an activating group) is 4. The Hall–Kier alpha value is -11.4. The van der Waals surface area contributed by atoms with Crippen LogP contribution in [-0.4, -0.2) is 203 Å². The van der Waals surface area contributed by atoms with Gasteiger partial charge in [0, 0.05) is 82.8 Å². The molecule has 0 unspecified atom stereocenters. The van der Waals surface area contributed by atoms with Crippen molar-refractivity contribution in [3.63, 3.8) is 0 Å². The number of amides is 4. The number of hydrogen-bond acceptors (Lipinski definition) is 30. The summed E-state index contributed by atoms with van der Waals surface area (Å²) in [4.78, 5) is 89.8. The molecule has 96 heavy (non-hydrogen) atoms. The fraction of sp³-hybridized carbons (Fsp3) is 0.355. The molecule has 34 heteroatoms. The smallest absolute Gasteiger partial charge is 0.263 e. The summed E-state index contributed by atoms with van der Waals surface area (Å²) in [7, 11) is 6.81. The van der Waals surface area contributed by atoms with E-state index in [0.29, 0.717) is 72.8 Å². The molecular formula is C62H80N24O10. The lowest BCUT2D eigenvalue weighted by molar-refractivity contribution is -0.136. The monoisotopic (exact) mass is 1320 g/mol. The predicted octanol–water partition coefficient (Wildman–Crippen LogP) is 3.82. The van der Waals surface area contributed by atoms with Crippen LogP contribution in [0.5, 0.6) is 0 Å². The fourth-order valence-electron chi connectivity index (χ4n) is 7.03. The summed E-state index contributed by atoms with van der Waals surface area (Å²) in [5, 5.41) is 70.2. The molecule has 0 aliphatic rings. The van der Waals surface area contributed by atoms with Gasteiger partial charge in [0.25, 0.3) is 23.6 Å². The Morgan fingerprint density at radius 3 is 0.792 bits per heavy atom. The molecule has 34 nitrogen and oxygen atoms in total. The summed E-state index contributed by atoms with van der Waals surface area (Å²) in [5.41, 5.74) is 7.96. The summed E-state index contributed by atoms with van der Waals surface area (Å²) >= 11 is 0. The van der Waals surface area contributed by atoms with Gasteiger partial charge in [0.15, 0.2) is 36.5 Å². The van der Waals surface area contributed by atoms with E-state index in [2.05, 4.69) is 102 Å². The Kier molecular flexibility index (Phi) is 35.7. The number of nitrogens with two attached hydrogens (primary N) is 2. The maximum absolute atomic E-state index is 11.9. The molecule has 0 bridgehead atoms. The largest absolute Gasteiger partial charge is 0.386 e. The van der Waals surface area contributed by atoms with E-state index in [1.165, 1.54) is 36.8 Å². The molecule has 8 aromatic rings. The Morgan fingerprint density at radius 1 is 0.385 bits per heavy atom. The second-order valence-corrected chi connectivity index (χ2v) is 20.6. The molecule has 0 fully saturated rings. The molecular weight excluding hydrogens is 1240 g/mol. The van der Waals surface area contributed by atoms with Crippen LogP contribution in [0.3, 0.4) is 0 Å². The molecule has 508 valence electrons. The highest BCUT2D eigenvalue weighted by molar-refractivity contribution is 5.80. The lowest BCUT2D eigenvalue weighted by atomic mass is 10.1. The van der Waals surface area contributed by atoms with Crippen molar-refractivity contribution in [1.29, 1.82) is 0 Å². The molecule has 0 radical (unpaired) electrons. The van der Waals surface area contributed by atoms with Gasteiger partial charge in [-0.25, -0.2) is 11.8 Å². The molecule has 0 saturated carbocycles. The molecule has 0 aliphatic heterocycles. The minimum atomic E-state index is -0.183. The number of ketones is 1. The summed E-state index contributed by atoms with van der Waals surface area (Å²) in [5.74, 6) is 13.3. The molecule has 0 atom stereocenters. The van der Waals surface area contributed by atoms with Crippen LogP contribution in [0.25, 0.3) is 45.6 Å². The lowest BCUT2D eigenvalue weighted by Gasteiger charge is -2.16. The average molecular weight is 1320 g/mol. The van der Waals surface area contributed by atoms with Gasteiger partial charge in [-0.05, 0) is 91.5 Å². The van der Waals surface area contributed by atoms with Gasteiger partial charge in [-0.3, -0.25) is 28.9 Å². The van der Waals surface area contributed by atoms with E-state index in [1.54, 1.807) is 86.5 Å². The van der Waals surface area contributed by atoms with Gasteiger partial charge in [0.2, 0.25) is 23.3 Å². The number of Topliss-reactive ketones (excluding diaryl/α,β-unsaturated/α-hetero) is 1. The first kappa shape index (κ1) is 78.9. The molecule has 4 heterocycles. The maximum Gasteiger partial charge on any atom is 0.263 e. The maximum atomic E-state index is 11.9. The quantitative estimate of drug-likeness (QED) is 0.0553. The summed E-state index contributed by atoms with van der Waals surface area (Å²) in [6, 6.07) is 30.2. The standard InChI is InChI=1S/C16H20N6O2.C15H18N6O2.2C13H16N6O2.C3H6O.C2H4O/c1-11(2)21-24-10-15(23)22(4)9-13-5-7-14(8-6-13)16-19-17-12(3)18-20-16;1-4-16-23-10-14(22)21(3)9-12-5-7-13(8-6-12)15-19-17-11(2)18-20-15;2*1-9-15-17-13(18-16-9)11-5-3-10(4-6-11)7-19(2)12(20)8-21-14;1-3(2)4;1-2-3/h5-8H,9-10H2,1-4H3;4-8H,9-10H2,1-3H3;2*3-6H,7-8,14H2,1-2H3;1-2H3;2H,1H3. The molecule has 0 saturated heterocycles. The molecule has 4 aromatic carbocycles. The Balaban J connectivity index is 0.000000323. The number of nitrogens with zero attached hydrogens (tertiary/aromatic N) is 22.